The molecule has 1 N–H and O–H groups in total. The number of rotatable bonds is 3. The largest absolute Gasteiger partial charge is 0.350 e. The van der Waals surface area contributed by atoms with Gasteiger partial charge in [-0.15, -0.1) is 0 Å². The van der Waals surface area contributed by atoms with Gasteiger partial charge in [0.05, 0.1) is 5.69 Å². The molecule has 1 saturated heterocycles. The van der Waals surface area contributed by atoms with Crippen molar-refractivity contribution >= 4 is 29.1 Å². The van der Waals surface area contributed by atoms with E-state index in [2.05, 4.69) is 5.32 Å². The minimum atomic E-state index is -0.937. The molecule has 4 amide bonds. The van der Waals surface area contributed by atoms with Crippen LogP contribution in [0.4, 0.5) is 26.7 Å². The van der Waals surface area contributed by atoms with Crippen molar-refractivity contribution in [3.05, 3.63) is 91.0 Å². The molecule has 6 nitrogen and oxygen atoms in total. The van der Waals surface area contributed by atoms with E-state index in [4.69, 9.17) is 0 Å². The SMILES string of the molecule is CC1(C)N(c2ccccc2)C(=O)N(c2ccccc2)N1C(=O)Nc1ccccc1. The number of nitrogens with zero attached hydrogens (tertiary/aromatic N) is 3. The number of amides is 4. The van der Waals surface area contributed by atoms with Gasteiger partial charge in [-0.3, -0.25) is 4.90 Å². The van der Waals surface area contributed by atoms with Gasteiger partial charge in [-0.1, -0.05) is 54.6 Å². The minimum absolute atomic E-state index is 0.296. The van der Waals surface area contributed by atoms with Crippen LogP contribution in [0.15, 0.2) is 91.0 Å². The van der Waals surface area contributed by atoms with Crippen molar-refractivity contribution in [2.24, 2.45) is 0 Å². The van der Waals surface area contributed by atoms with E-state index >= 15 is 0 Å². The van der Waals surface area contributed by atoms with E-state index < -0.39 is 11.7 Å². The number of nitrogens with one attached hydrogen (secondary N) is 1. The van der Waals surface area contributed by atoms with Crippen LogP contribution in [-0.4, -0.2) is 22.7 Å². The van der Waals surface area contributed by atoms with Crippen molar-refractivity contribution < 1.29 is 9.59 Å². The molecule has 0 bridgehead atoms. The molecular formula is C23H22N4O2. The van der Waals surface area contributed by atoms with Gasteiger partial charge >= 0.3 is 12.1 Å². The topological polar surface area (TPSA) is 55.9 Å². The van der Waals surface area contributed by atoms with Crippen molar-refractivity contribution in [1.29, 1.82) is 0 Å². The van der Waals surface area contributed by atoms with E-state index in [0.717, 1.165) is 5.69 Å². The minimum Gasteiger partial charge on any atom is -0.306 e. The molecule has 0 aliphatic carbocycles. The molecule has 1 fully saturated rings. The standard InChI is InChI=1S/C23H22N4O2/c1-23(2)25(19-14-8-4-9-15-19)22(29)26(20-16-10-5-11-17-20)27(23)21(28)24-18-12-6-3-7-13-18/h3-17H,1-2H3,(H,24,28). The summed E-state index contributed by atoms with van der Waals surface area (Å²) < 4.78 is 0. The number of hydrogen-bond acceptors (Lipinski definition) is 2. The van der Waals surface area contributed by atoms with Crippen LogP contribution in [0.25, 0.3) is 0 Å². The number of carbonyl (C=O) groups is 2. The normalized spacial score (nSPS) is 15.5. The van der Waals surface area contributed by atoms with Gasteiger partial charge in [-0.25, -0.2) is 14.6 Å². The fourth-order valence-corrected chi connectivity index (χ4v) is 3.59. The average molecular weight is 386 g/mol. The highest BCUT2D eigenvalue weighted by atomic mass is 16.2. The van der Waals surface area contributed by atoms with Crippen LogP contribution in [0.1, 0.15) is 13.8 Å². The third kappa shape index (κ3) is 3.29. The van der Waals surface area contributed by atoms with Gasteiger partial charge in [0.1, 0.15) is 5.66 Å². The molecule has 4 rings (SSSR count). The van der Waals surface area contributed by atoms with E-state index in [0.29, 0.717) is 11.4 Å². The summed E-state index contributed by atoms with van der Waals surface area (Å²) in [7, 11) is 0. The van der Waals surface area contributed by atoms with Gasteiger partial charge in [-0.2, -0.15) is 5.01 Å². The molecule has 0 aromatic heterocycles. The maximum atomic E-state index is 13.5. The lowest BCUT2D eigenvalue weighted by Gasteiger charge is -2.37. The Hall–Kier alpha value is -3.80. The summed E-state index contributed by atoms with van der Waals surface area (Å²) in [6.45, 7) is 3.71. The molecule has 0 saturated carbocycles. The lowest BCUT2D eigenvalue weighted by atomic mass is 10.1. The number of urea groups is 2. The highest BCUT2D eigenvalue weighted by Gasteiger charge is 2.54. The Balaban J connectivity index is 1.78. The van der Waals surface area contributed by atoms with Gasteiger partial charge in [0.2, 0.25) is 0 Å². The molecule has 3 aromatic carbocycles. The highest BCUT2D eigenvalue weighted by molar-refractivity contribution is 6.10. The second-order valence-electron chi connectivity index (χ2n) is 7.20. The molecule has 1 aliphatic rings. The Kier molecular flexibility index (Phi) is 4.68. The molecule has 29 heavy (non-hydrogen) atoms. The van der Waals surface area contributed by atoms with E-state index in [1.54, 1.807) is 4.90 Å². The van der Waals surface area contributed by atoms with Crippen LogP contribution in [0.3, 0.4) is 0 Å². The third-order valence-electron chi connectivity index (χ3n) is 4.87. The van der Waals surface area contributed by atoms with Crippen molar-refractivity contribution in [2.45, 2.75) is 19.5 Å². The number of para-hydroxylation sites is 3. The zero-order valence-electron chi connectivity index (χ0n) is 16.3. The molecule has 0 spiro atoms. The summed E-state index contributed by atoms with van der Waals surface area (Å²) in [5, 5.41) is 5.78. The van der Waals surface area contributed by atoms with Crippen molar-refractivity contribution in [3.63, 3.8) is 0 Å². The second kappa shape index (κ2) is 7.31. The first-order chi connectivity index (χ1) is 14.0. The summed E-state index contributed by atoms with van der Waals surface area (Å²) in [4.78, 5) is 28.5. The first kappa shape index (κ1) is 18.6. The van der Waals surface area contributed by atoms with Crippen LogP contribution in [0.2, 0.25) is 0 Å². The molecule has 0 unspecified atom stereocenters. The highest BCUT2D eigenvalue weighted by Crippen LogP contribution is 2.38. The van der Waals surface area contributed by atoms with Gasteiger partial charge < -0.3 is 5.32 Å². The van der Waals surface area contributed by atoms with Crippen LogP contribution in [-0.2, 0) is 0 Å². The maximum absolute atomic E-state index is 13.5. The summed E-state index contributed by atoms with van der Waals surface area (Å²) in [6.07, 6.45) is 0. The van der Waals surface area contributed by atoms with Crippen LogP contribution in [0, 0.1) is 0 Å². The Bertz CT molecular complexity index is 1010. The number of anilines is 3. The monoisotopic (exact) mass is 386 g/mol. The van der Waals surface area contributed by atoms with Crippen molar-refractivity contribution in [3.8, 4) is 0 Å². The van der Waals surface area contributed by atoms with Crippen molar-refractivity contribution in [2.75, 3.05) is 15.2 Å². The number of hydrogen-bond donors (Lipinski definition) is 1. The van der Waals surface area contributed by atoms with Crippen molar-refractivity contribution in [1.82, 2.24) is 5.01 Å². The predicted molar refractivity (Wildman–Crippen MR) is 115 cm³/mol. The Morgan fingerprint density at radius 1 is 0.759 bits per heavy atom. The second-order valence-corrected chi connectivity index (χ2v) is 7.20. The zero-order chi connectivity index (χ0) is 20.4. The van der Waals surface area contributed by atoms with E-state index in [1.165, 1.54) is 10.0 Å². The molecule has 0 atom stereocenters. The van der Waals surface area contributed by atoms with Gasteiger partial charge in [0.25, 0.3) is 0 Å². The molecule has 6 heteroatoms. The van der Waals surface area contributed by atoms with Crippen LogP contribution >= 0.6 is 0 Å². The summed E-state index contributed by atoms with van der Waals surface area (Å²) in [5.74, 6) is 0. The molecular weight excluding hydrogens is 364 g/mol. The Labute approximate surface area is 169 Å². The first-order valence-electron chi connectivity index (χ1n) is 9.41. The summed E-state index contributed by atoms with van der Waals surface area (Å²) in [6, 6.07) is 27.1. The fraction of sp³-hybridized carbons (Fsp3) is 0.130. The number of carbonyl (C=O) groups excluding carboxylic acids is 2. The lowest BCUT2D eigenvalue weighted by Crippen LogP contribution is -2.55. The zero-order valence-corrected chi connectivity index (χ0v) is 16.3. The molecule has 0 radical (unpaired) electrons. The van der Waals surface area contributed by atoms with E-state index in [1.807, 2.05) is 105 Å². The summed E-state index contributed by atoms with van der Waals surface area (Å²) in [5.41, 5.74) is 1.06. The van der Waals surface area contributed by atoms with Crippen LogP contribution < -0.4 is 15.2 Å². The third-order valence-corrected chi connectivity index (χ3v) is 4.87. The molecule has 1 aliphatic heterocycles. The van der Waals surface area contributed by atoms with E-state index in [-0.39, 0.29) is 6.03 Å². The number of hydrazine groups is 1. The van der Waals surface area contributed by atoms with E-state index in [9.17, 15) is 9.59 Å². The first-order valence-corrected chi connectivity index (χ1v) is 9.41. The Morgan fingerprint density at radius 3 is 1.79 bits per heavy atom. The van der Waals surface area contributed by atoms with Gasteiger partial charge in [0, 0.05) is 11.4 Å². The molecule has 1 heterocycles. The number of benzene rings is 3. The molecule has 146 valence electrons. The quantitative estimate of drug-likeness (QED) is 0.662. The molecule has 3 aromatic rings. The predicted octanol–water partition coefficient (Wildman–Crippen LogP) is 5.32. The fourth-order valence-electron chi connectivity index (χ4n) is 3.59. The Morgan fingerprint density at radius 2 is 1.24 bits per heavy atom. The van der Waals surface area contributed by atoms with Crippen LogP contribution in [0.5, 0.6) is 0 Å². The maximum Gasteiger partial charge on any atom is 0.350 e. The van der Waals surface area contributed by atoms with Gasteiger partial charge in [-0.05, 0) is 50.2 Å². The average Bonchev–Trinajstić information content (AvgIpc) is 2.95. The summed E-state index contributed by atoms with van der Waals surface area (Å²) >= 11 is 0. The van der Waals surface area contributed by atoms with Gasteiger partial charge in [0.15, 0.2) is 0 Å². The smallest absolute Gasteiger partial charge is 0.306 e. The lowest BCUT2D eigenvalue weighted by molar-refractivity contribution is 0.170.